The Hall–Kier alpha value is -1.59. The van der Waals surface area contributed by atoms with Gasteiger partial charge in [0.05, 0.1) is 12.7 Å². The van der Waals surface area contributed by atoms with Crippen molar-refractivity contribution in [2.24, 2.45) is 5.92 Å². The van der Waals surface area contributed by atoms with E-state index >= 15 is 0 Å². The van der Waals surface area contributed by atoms with Gasteiger partial charge in [-0.3, -0.25) is 0 Å². The number of amides is 2. The first-order valence-corrected chi connectivity index (χ1v) is 8.61. The molecule has 0 bridgehead atoms. The highest BCUT2D eigenvalue weighted by molar-refractivity contribution is 5.89. The molecule has 0 aliphatic heterocycles. The molecule has 2 amide bonds. The van der Waals surface area contributed by atoms with E-state index in [0.29, 0.717) is 6.61 Å². The molecule has 0 radical (unpaired) electrons. The van der Waals surface area contributed by atoms with E-state index in [0.717, 1.165) is 49.5 Å². The summed E-state index contributed by atoms with van der Waals surface area (Å²) in [6.07, 6.45) is 5.58. The highest BCUT2D eigenvalue weighted by Crippen LogP contribution is 2.29. The van der Waals surface area contributed by atoms with Crippen molar-refractivity contribution in [3.63, 3.8) is 0 Å². The Balaban J connectivity index is 1.43. The maximum atomic E-state index is 12.1. The summed E-state index contributed by atoms with van der Waals surface area (Å²) in [6.45, 7) is 1.43. The molecule has 0 atom stereocenters. The van der Waals surface area contributed by atoms with Crippen LogP contribution in [0.2, 0.25) is 0 Å². The van der Waals surface area contributed by atoms with Crippen molar-refractivity contribution in [1.82, 2.24) is 5.32 Å². The summed E-state index contributed by atoms with van der Waals surface area (Å²) in [7, 11) is 0. The van der Waals surface area contributed by atoms with Crippen LogP contribution in [-0.4, -0.2) is 29.9 Å². The number of carbonyl (C=O) groups excluding carboxylic acids is 1. The molecule has 1 aromatic rings. The highest BCUT2D eigenvalue weighted by atomic mass is 16.5. The number of benzene rings is 1. The number of ether oxygens (including phenoxy) is 1. The number of hydrogen-bond acceptors (Lipinski definition) is 3. The summed E-state index contributed by atoms with van der Waals surface area (Å²) in [4.78, 5) is 12.1. The molecule has 3 N–H and O–H groups in total. The average molecular weight is 318 g/mol. The molecule has 0 spiro atoms. The Kier molecular flexibility index (Phi) is 5.51. The van der Waals surface area contributed by atoms with Crippen LogP contribution in [0, 0.1) is 5.92 Å². The van der Waals surface area contributed by atoms with Crippen LogP contribution in [0.3, 0.4) is 0 Å². The third-order valence-electron chi connectivity index (χ3n) is 4.54. The van der Waals surface area contributed by atoms with Gasteiger partial charge in [-0.2, -0.15) is 0 Å². The molecule has 23 heavy (non-hydrogen) atoms. The number of hydrogen-bond donors (Lipinski definition) is 3. The van der Waals surface area contributed by atoms with Crippen LogP contribution >= 0.6 is 0 Å². The third kappa shape index (κ3) is 5.52. The summed E-state index contributed by atoms with van der Waals surface area (Å²) in [5.41, 5.74) is 1.86. The fraction of sp³-hybridized carbons (Fsp3) is 0.611. The van der Waals surface area contributed by atoms with E-state index in [-0.39, 0.29) is 18.2 Å². The lowest BCUT2D eigenvalue weighted by molar-refractivity contribution is 0.111. The smallest absolute Gasteiger partial charge is 0.319 e. The van der Waals surface area contributed by atoms with Crippen LogP contribution in [0.5, 0.6) is 0 Å². The largest absolute Gasteiger partial charge is 0.393 e. The second kappa shape index (κ2) is 7.79. The van der Waals surface area contributed by atoms with Crippen molar-refractivity contribution in [2.45, 2.75) is 57.3 Å². The molecule has 0 saturated heterocycles. The maximum absolute atomic E-state index is 12.1. The summed E-state index contributed by atoms with van der Waals surface area (Å²) < 4.78 is 5.68. The zero-order valence-electron chi connectivity index (χ0n) is 13.5. The van der Waals surface area contributed by atoms with Gasteiger partial charge in [0.15, 0.2) is 0 Å². The van der Waals surface area contributed by atoms with Gasteiger partial charge in [-0.25, -0.2) is 4.79 Å². The van der Waals surface area contributed by atoms with Gasteiger partial charge >= 0.3 is 6.03 Å². The van der Waals surface area contributed by atoms with E-state index in [1.165, 1.54) is 12.8 Å². The van der Waals surface area contributed by atoms with Gasteiger partial charge in [-0.1, -0.05) is 12.1 Å². The summed E-state index contributed by atoms with van der Waals surface area (Å²) in [5, 5.41) is 15.4. The monoisotopic (exact) mass is 318 g/mol. The normalized spacial score (nSPS) is 24.2. The van der Waals surface area contributed by atoms with E-state index in [2.05, 4.69) is 10.6 Å². The first kappa shape index (κ1) is 16.3. The van der Waals surface area contributed by atoms with E-state index in [1.54, 1.807) is 0 Å². The van der Waals surface area contributed by atoms with Gasteiger partial charge < -0.3 is 20.5 Å². The SMILES string of the molecule is O=C(Nc1cccc(COCC2CC2)c1)NC1CCC(O)CC1. The number of aliphatic hydroxyl groups excluding tert-OH is 1. The van der Waals surface area contributed by atoms with Crippen molar-refractivity contribution >= 4 is 11.7 Å². The molecule has 5 heteroatoms. The van der Waals surface area contributed by atoms with Gasteiger partial charge in [-0.15, -0.1) is 0 Å². The first-order valence-electron chi connectivity index (χ1n) is 8.61. The molecule has 0 aromatic heterocycles. The number of aliphatic hydroxyl groups is 1. The number of carbonyl (C=O) groups is 1. The predicted molar refractivity (Wildman–Crippen MR) is 89.2 cm³/mol. The van der Waals surface area contributed by atoms with Crippen LogP contribution in [0.25, 0.3) is 0 Å². The zero-order chi connectivity index (χ0) is 16.1. The number of anilines is 1. The molecule has 2 saturated carbocycles. The Bertz CT molecular complexity index is 523. The molecule has 2 aliphatic rings. The molecular weight excluding hydrogens is 292 g/mol. The fourth-order valence-electron chi connectivity index (χ4n) is 2.94. The van der Waals surface area contributed by atoms with Crippen LogP contribution in [0.1, 0.15) is 44.1 Å². The number of rotatable bonds is 6. The molecule has 3 rings (SSSR count). The van der Waals surface area contributed by atoms with Crippen LogP contribution in [-0.2, 0) is 11.3 Å². The Morgan fingerprint density at radius 3 is 2.70 bits per heavy atom. The maximum Gasteiger partial charge on any atom is 0.319 e. The fourth-order valence-corrected chi connectivity index (χ4v) is 2.94. The minimum absolute atomic E-state index is 0.156. The van der Waals surface area contributed by atoms with Gasteiger partial charge in [-0.05, 0) is 62.1 Å². The molecule has 126 valence electrons. The topological polar surface area (TPSA) is 70.6 Å². The first-order chi connectivity index (χ1) is 11.2. The molecule has 0 heterocycles. The van der Waals surface area contributed by atoms with Crippen molar-refractivity contribution in [1.29, 1.82) is 0 Å². The second-order valence-electron chi connectivity index (χ2n) is 6.76. The van der Waals surface area contributed by atoms with Gasteiger partial charge in [0.1, 0.15) is 0 Å². The number of urea groups is 1. The minimum Gasteiger partial charge on any atom is -0.393 e. The molecule has 2 fully saturated rings. The van der Waals surface area contributed by atoms with E-state index in [4.69, 9.17) is 4.74 Å². The van der Waals surface area contributed by atoms with Crippen LogP contribution in [0.4, 0.5) is 10.5 Å². The summed E-state index contributed by atoms with van der Waals surface area (Å²) in [6, 6.07) is 7.76. The Morgan fingerprint density at radius 2 is 1.96 bits per heavy atom. The molecule has 5 nitrogen and oxygen atoms in total. The van der Waals surface area contributed by atoms with Gasteiger partial charge in [0, 0.05) is 18.3 Å². The minimum atomic E-state index is -0.205. The average Bonchev–Trinajstić information content (AvgIpc) is 3.34. The predicted octanol–water partition coefficient (Wildman–Crippen LogP) is 3.04. The van der Waals surface area contributed by atoms with Gasteiger partial charge in [0.25, 0.3) is 0 Å². The lowest BCUT2D eigenvalue weighted by Gasteiger charge is -2.26. The van der Waals surface area contributed by atoms with Crippen LogP contribution < -0.4 is 10.6 Å². The summed E-state index contributed by atoms with van der Waals surface area (Å²) >= 11 is 0. The lowest BCUT2D eigenvalue weighted by atomic mass is 9.93. The van der Waals surface area contributed by atoms with E-state index in [1.807, 2.05) is 24.3 Å². The second-order valence-corrected chi connectivity index (χ2v) is 6.76. The van der Waals surface area contributed by atoms with Crippen molar-refractivity contribution in [2.75, 3.05) is 11.9 Å². The van der Waals surface area contributed by atoms with Crippen molar-refractivity contribution < 1.29 is 14.6 Å². The summed E-state index contributed by atoms with van der Waals surface area (Å²) in [5.74, 6) is 0.760. The van der Waals surface area contributed by atoms with Crippen molar-refractivity contribution in [3.8, 4) is 0 Å². The van der Waals surface area contributed by atoms with Crippen LogP contribution in [0.15, 0.2) is 24.3 Å². The molecule has 2 aliphatic carbocycles. The zero-order valence-corrected chi connectivity index (χ0v) is 13.5. The number of nitrogens with one attached hydrogen (secondary N) is 2. The molecule has 0 unspecified atom stereocenters. The standard InChI is InChI=1S/C18H26N2O3/c21-17-8-6-15(7-9-17)19-18(22)20-16-3-1-2-14(10-16)12-23-11-13-4-5-13/h1-3,10,13,15,17,21H,4-9,11-12H2,(H2,19,20,22). The Morgan fingerprint density at radius 1 is 1.17 bits per heavy atom. The molecular formula is C18H26N2O3. The van der Waals surface area contributed by atoms with Crippen molar-refractivity contribution in [3.05, 3.63) is 29.8 Å². The third-order valence-corrected chi connectivity index (χ3v) is 4.54. The van der Waals surface area contributed by atoms with E-state index < -0.39 is 0 Å². The molecule has 1 aromatic carbocycles. The Labute approximate surface area is 137 Å². The highest BCUT2D eigenvalue weighted by Gasteiger charge is 2.21. The lowest BCUT2D eigenvalue weighted by Crippen LogP contribution is -2.40. The quantitative estimate of drug-likeness (QED) is 0.755. The van der Waals surface area contributed by atoms with Gasteiger partial charge in [0.2, 0.25) is 0 Å². The van der Waals surface area contributed by atoms with E-state index in [9.17, 15) is 9.90 Å².